The smallest absolute Gasteiger partial charge is 0.0798 e. The zero-order valence-electron chi connectivity index (χ0n) is 6.48. The molecule has 1 rings (SSSR count). The number of hydrogen-bond acceptors (Lipinski definition) is 1. The maximum atomic E-state index is 5.66. The van der Waals surface area contributed by atoms with Crippen LogP contribution in [0.25, 0.3) is 0 Å². The Morgan fingerprint density at radius 2 is 2.40 bits per heavy atom. The minimum absolute atomic E-state index is 0.568. The molecule has 1 saturated heterocycles. The predicted molar refractivity (Wildman–Crippen MR) is 50.4 cm³/mol. The van der Waals surface area contributed by atoms with Crippen LogP contribution in [0.15, 0.2) is 0 Å². The minimum Gasteiger partial charge on any atom is -0.382 e. The number of rotatable bonds is 2. The van der Waals surface area contributed by atoms with Crippen LogP contribution in [-0.2, 0) is 4.74 Å². The molecule has 2 atom stereocenters. The first kappa shape index (κ1) is 8.75. The zero-order valence-corrected chi connectivity index (χ0v) is 9.22. The second-order valence-electron chi connectivity index (χ2n) is 3.04. The van der Waals surface area contributed by atoms with Gasteiger partial charge >= 0.3 is 0 Å². The molecule has 0 amide bonds. The topological polar surface area (TPSA) is 9.23 Å². The van der Waals surface area contributed by atoms with Crippen LogP contribution in [0.3, 0.4) is 0 Å². The van der Waals surface area contributed by atoms with Crippen molar-refractivity contribution in [3.8, 4) is 0 Å². The molecule has 0 aromatic carbocycles. The highest BCUT2D eigenvalue weighted by Crippen LogP contribution is 2.15. The average Bonchev–Trinajstić information content (AvgIpc) is 2.05. The quantitative estimate of drug-likeness (QED) is 0.513. The van der Waals surface area contributed by atoms with Crippen molar-refractivity contribution in [1.82, 2.24) is 0 Å². The van der Waals surface area contributed by atoms with Gasteiger partial charge in [0.2, 0.25) is 0 Å². The number of alkyl halides is 1. The van der Waals surface area contributed by atoms with Crippen molar-refractivity contribution >= 4 is 24.7 Å². The van der Waals surface area contributed by atoms with Gasteiger partial charge in [0.25, 0.3) is 0 Å². The van der Waals surface area contributed by atoms with Crippen LogP contribution in [-0.4, -0.2) is 26.1 Å². The molecule has 10 heavy (non-hydrogen) atoms. The molecule has 0 bridgehead atoms. The van der Waals surface area contributed by atoms with Crippen LogP contribution in [0.5, 0.6) is 0 Å². The summed E-state index contributed by atoms with van der Waals surface area (Å²) in [6, 6.07) is 0. The second-order valence-corrected chi connectivity index (χ2v) is 7.99. The molecular formula is C7H15BrOSi. The molecule has 1 aliphatic rings. The van der Waals surface area contributed by atoms with Crippen molar-refractivity contribution in [3.63, 3.8) is 0 Å². The molecule has 0 aromatic rings. The Balaban J connectivity index is 2.24. The highest BCUT2D eigenvalue weighted by atomic mass is 79.9. The maximum absolute atomic E-state index is 5.66. The number of ether oxygens (including phenoxy) is 1. The van der Waals surface area contributed by atoms with Crippen LogP contribution >= 0.6 is 15.9 Å². The highest BCUT2D eigenvalue weighted by molar-refractivity contribution is 9.09. The molecule has 0 aromatic heterocycles. The van der Waals surface area contributed by atoms with Crippen molar-refractivity contribution in [3.05, 3.63) is 0 Å². The van der Waals surface area contributed by atoms with Gasteiger partial charge in [-0.1, -0.05) is 22.5 Å². The van der Waals surface area contributed by atoms with Crippen LogP contribution in [0.4, 0.5) is 0 Å². The van der Waals surface area contributed by atoms with E-state index in [2.05, 4.69) is 22.5 Å². The van der Waals surface area contributed by atoms with E-state index in [1.165, 1.54) is 24.2 Å². The lowest BCUT2D eigenvalue weighted by Gasteiger charge is -2.25. The van der Waals surface area contributed by atoms with Gasteiger partial charge in [-0.15, -0.1) is 0 Å². The van der Waals surface area contributed by atoms with Crippen molar-refractivity contribution in [1.29, 1.82) is 0 Å². The molecule has 0 spiro atoms. The number of hydrogen-bond donors (Lipinski definition) is 0. The molecule has 1 heterocycles. The lowest BCUT2D eigenvalue weighted by molar-refractivity contribution is 0.0631. The molecule has 0 saturated carbocycles. The molecule has 2 unspecified atom stereocenters. The van der Waals surface area contributed by atoms with Gasteiger partial charge in [0, 0.05) is 12.3 Å². The third-order valence-electron chi connectivity index (χ3n) is 2.09. The molecule has 60 valence electrons. The third-order valence-corrected chi connectivity index (χ3v) is 7.44. The Bertz CT molecular complexity index is 93.6. The first-order valence-corrected chi connectivity index (χ1v) is 7.78. The lowest BCUT2D eigenvalue weighted by Crippen LogP contribution is -2.35. The number of halogens is 1. The summed E-state index contributed by atoms with van der Waals surface area (Å²) in [7, 11) is -0.568. The van der Waals surface area contributed by atoms with Gasteiger partial charge in [0.05, 0.1) is 8.80 Å². The van der Waals surface area contributed by atoms with Crippen LogP contribution < -0.4 is 0 Å². The first-order chi connectivity index (χ1) is 4.84. The van der Waals surface area contributed by atoms with E-state index in [1.807, 2.05) is 0 Å². The Labute approximate surface area is 72.9 Å². The van der Waals surface area contributed by atoms with Gasteiger partial charge in [0.1, 0.15) is 0 Å². The summed E-state index contributed by atoms with van der Waals surface area (Å²) < 4.78 is 5.66. The standard InChI is InChI=1S/C7H15BrOSi/c1-10(6-8)7-4-2-3-5-9-7/h7,10H,2-6H2,1H3. The monoisotopic (exact) mass is 222 g/mol. The van der Waals surface area contributed by atoms with E-state index in [-0.39, 0.29) is 0 Å². The maximum Gasteiger partial charge on any atom is 0.0798 e. The Hall–Kier alpha value is 0.657. The third kappa shape index (κ3) is 2.36. The van der Waals surface area contributed by atoms with Crippen molar-refractivity contribution in [2.75, 3.05) is 11.6 Å². The summed E-state index contributed by atoms with van der Waals surface area (Å²) >= 11 is 3.53. The highest BCUT2D eigenvalue weighted by Gasteiger charge is 2.20. The van der Waals surface area contributed by atoms with Gasteiger partial charge in [-0.3, -0.25) is 0 Å². The second kappa shape index (κ2) is 4.52. The molecule has 0 N–H and O–H groups in total. The van der Waals surface area contributed by atoms with Crippen molar-refractivity contribution in [2.24, 2.45) is 0 Å². The van der Waals surface area contributed by atoms with Gasteiger partial charge in [-0.05, 0) is 24.2 Å². The van der Waals surface area contributed by atoms with Gasteiger partial charge in [-0.25, -0.2) is 0 Å². The molecular weight excluding hydrogens is 208 g/mol. The van der Waals surface area contributed by atoms with Gasteiger partial charge < -0.3 is 4.74 Å². The zero-order chi connectivity index (χ0) is 7.40. The SMILES string of the molecule is C[SiH](CBr)C1CCCCO1. The summed E-state index contributed by atoms with van der Waals surface area (Å²) in [5.41, 5.74) is 0.660. The fraction of sp³-hybridized carbons (Fsp3) is 1.00. The summed E-state index contributed by atoms with van der Waals surface area (Å²) in [4.78, 5) is 1.21. The van der Waals surface area contributed by atoms with Crippen LogP contribution in [0.1, 0.15) is 19.3 Å². The van der Waals surface area contributed by atoms with E-state index in [9.17, 15) is 0 Å². The van der Waals surface area contributed by atoms with E-state index in [1.54, 1.807) is 0 Å². The molecule has 1 aliphatic heterocycles. The van der Waals surface area contributed by atoms with E-state index in [0.717, 1.165) is 6.61 Å². The largest absolute Gasteiger partial charge is 0.382 e. The van der Waals surface area contributed by atoms with Crippen molar-refractivity contribution in [2.45, 2.75) is 31.5 Å². The minimum atomic E-state index is -0.568. The summed E-state index contributed by atoms with van der Waals surface area (Å²) in [5, 5.41) is 0. The lowest BCUT2D eigenvalue weighted by atomic mass is 10.2. The van der Waals surface area contributed by atoms with E-state index in [0.29, 0.717) is 5.73 Å². The Kier molecular flexibility index (Phi) is 3.95. The first-order valence-electron chi connectivity index (χ1n) is 4.02. The molecule has 0 aliphatic carbocycles. The van der Waals surface area contributed by atoms with E-state index >= 15 is 0 Å². The van der Waals surface area contributed by atoms with Gasteiger partial charge in [-0.2, -0.15) is 0 Å². The summed E-state index contributed by atoms with van der Waals surface area (Å²) in [6.07, 6.45) is 3.98. The van der Waals surface area contributed by atoms with E-state index in [4.69, 9.17) is 4.74 Å². The van der Waals surface area contributed by atoms with Crippen molar-refractivity contribution < 1.29 is 4.74 Å². The average molecular weight is 223 g/mol. The molecule has 0 radical (unpaired) electrons. The molecule has 3 heteroatoms. The fourth-order valence-electron chi connectivity index (χ4n) is 1.31. The molecule has 1 fully saturated rings. The van der Waals surface area contributed by atoms with Crippen LogP contribution in [0, 0.1) is 0 Å². The Morgan fingerprint density at radius 3 is 2.90 bits per heavy atom. The predicted octanol–water partition coefficient (Wildman–Crippen LogP) is 1.89. The van der Waals surface area contributed by atoms with Crippen LogP contribution in [0.2, 0.25) is 6.55 Å². The fourth-order valence-corrected chi connectivity index (χ4v) is 4.03. The summed E-state index contributed by atoms with van der Waals surface area (Å²) in [5.74, 6) is 0. The summed E-state index contributed by atoms with van der Waals surface area (Å²) in [6.45, 7) is 3.39. The molecule has 1 nitrogen and oxygen atoms in total. The normalized spacial score (nSPS) is 30.0. The van der Waals surface area contributed by atoms with E-state index < -0.39 is 8.80 Å². The van der Waals surface area contributed by atoms with Gasteiger partial charge in [0.15, 0.2) is 0 Å². The Morgan fingerprint density at radius 1 is 1.60 bits per heavy atom.